The molecule has 0 spiro atoms. The molecule has 1 aliphatic heterocycles. The van der Waals surface area contributed by atoms with Crippen molar-refractivity contribution in [3.8, 4) is 0 Å². The zero-order chi connectivity index (χ0) is 17.0. The van der Waals surface area contributed by atoms with Crippen molar-refractivity contribution in [2.75, 3.05) is 18.5 Å². The third-order valence-electron chi connectivity index (χ3n) is 3.17. The van der Waals surface area contributed by atoms with Crippen LogP contribution in [0.15, 0.2) is 18.3 Å². The summed E-state index contributed by atoms with van der Waals surface area (Å²) in [5.41, 5.74) is 6.40. The third-order valence-corrected chi connectivity index (χ3v) is 3.39. The van der Waals surface area contributed by atoms with Crippen LogP contribution >= 0.6 is 12.2 Å². The fourth-order valence-electron chi connectivity index (χ4n) is 2.00. The molecule has 0 bridgehead atoms. The summed E-state index contributed by atoms with van der Waals surface area (Å²) in [7, 11) is 0. The van der Waals surface area contributed by atoms with Gasteiger partial charge in [0.15, 0.2) is 5.11 Å². The Labute approximate surface area is 141 Å². The minimum Gasteiger partial charge on any atom is -0.444 e. The lowest BCUT2D eigenvalue weighted by Gasteiger charge is -2.40. The Kier molecular flexibility index (Phi) is 5.25. The molecule has 1 saturated heterocycles. The number of pyridine rings is 1. The molecule has 1 aromatic heterocycles. The Balaban J connectivity index is 1.68. The van der Waals surface area contributed by atoms with Crippen molar-refractivity contribution >= 4 is 29.2 Å². The Morgan fingerprint density at radius 3 is 2.74 bits per heavy atom. The largest absolute Gasteiger partial charge is 0.444 e. The monoisotopic (exact) mass is 337 g/mol. The second kappa shape index (κ2) is 6.99. The topological polar surface area (TPSA) is 78.5 Å². The van der Waals surface area contributed by atoms with Crippen molar-refractivity contribution < 1.29 is 9.53 Å². The predicted molar refractivity (Wildman–Crippen MR) is 93.1 cm³/mol. The summed E-state index contributed by atoms with van der Waals surface area (Å²) < 4.78 is 5.30. The number of nitrogens with one attached hydrogen (secondary N) is 3. The van der Waals surface area contributed by atoms with Gasteiger partial charge in [-0.05, 0) is 51.5 Å². The molecule has 0 unspecified atom stereocenters. The van der Waals surface area contributed by atoms with Crippen molar-refractivity contribution in [1.29, 1.82) is 0 Å². The van der Waals surface area contributed by atoms with E-state index < -0.39 is 5.60 Å². The first-order valence-corrected chi connectivity index (χ1v) is 7.87. The molecule has 0 atom stereocenters. The zero-order valence-corrected chi connectivity index (χ0v) is 14.7. The lowest BCUT2D eigenvalue weighted by Crippen LogP contribution is -2.63. The molecule has 1 fully saturated rings. The van der Waals surface area contributed by atoms with E-state index in [-0.39, 0.29) is 12.1 Å². The Bertz CT molecular complexity index is 581. The molecular weight excluding hydrogens is 314 g/mol. The van der Waals surface area contributed by atoms with Crippen molar-refractivity contribution in [2.24, 2.45) is 0 Å². The number of amides is 1. The van der Waals surface area contributed by atoms with Crippen LogP contribution < -0.4 is 16.2 Å². The zero-order valence-electron chi connectivity index (χ0n) is 13.8. The number of nitrogens with zero attached hydrogens (tertiary/aromatic N) is 2. The number of aromatic nitrogens is 1. The minimum absolute atomic E-state index is 0.120. The average Bonchev–Trinajstić information content (AvgIpc) is 2.39. The van der Waals surface area contributed by atoms with E-state index in [0.717, 1.165) is 11.4 Å². The van der Waals surface area contributed by atoms with E-state index >= 15 is 0 Å². The highest BCUT2D eigenvalue weighted by molar-refractivity contribution is 7.80. The first-order valence-electron chi connectivity index (χ1n) is 7.46. The fraction of sp³-hybridized carbons (Fsp3) is 0.533. The highest BCUT2D eigenvalue weighted by atomic mass is 32.1. The van der Waals surface area contributed by atoms with Gasteiger partial charge in [0.1, 0.15) is 11.4 Å². The van der Waals surface area contributed by atoms with Crippen molar-refractivity contribution in [3.05, 3.63) is 23.9 Å². The van der Waals surface area contributed by atoms with Crippen LogP contribution in [0.3, 0.4) is 0 Å². The highest BCUT2D eigenvalue weighted by Gasteiger charge is 2.33. The van der Waals surface area contributed by atoms with Gasteiger partial charge < -0.3 is 15.0 Å². The summed E-state index contributed by atoms with van der Waals surface area (Å²) in [6.07, 6.45) is 1.41. The molecule has 1 aliphatic rings. The van der Waals surface area contributed by atoms with E-state index in [1.807, 2.05) is 39.8 Å². The van der Waals surface area contributed by atoms with Gasteiger partial charge >= 0.3 is 6.09 Å². The van der Waals surface area contributed by atoms with E-state index in [0.29, 0.717) is 18.2 Å². The van der Waals surface area contributed by atoms with Crippen LogP contribution in [0.2, 0.25) is 0 Å². The number of carbonyl (C=O) groups is 1. The quantitative estimate of drug-likeness (QED) is 0.573. The van der Waals surface area contributed by atoms with Gasteiger partial charge in [-0.3, -0.25) is 10.9 Å². The molecule has 0 radical (unpaired) electrons. The molecule has 8 heteroatoms. The summed E-state index contributed by atoms with van der Waals surface area (Å²) in [5.74, 6) is 0.723. The smallest absolute Gasteiger partial charge is 0.410 e. The first-order chi connectivity index (χ1) is 10.7. The number of ether oxygens (including phenoxy) is 1. The second-order valence-electron chi connectivity index (χ2n) is 6.47. The van der Waals surface area contributed by atoms with Crippen LogP contribution in [0, 0.1) is 6.92 Å². The standard InChI is InChI=1S/C15H23N5O2S/c1-10-6-5-7-16-12(10)18-19-13(23)17-11-8-20(9-11)14(21)22-15(2,3)4/h5-7,11H,8-9H2,1-4H3,(H,16,18)(H2,17,19,23). The highest BCUT2D eigenvalue weighted by Crippen LogP contribution is 2.15. The predicted octanol–water partition coefficient (Wildman–Crippen LogP) is 1.80. The lowest BCUT2D eigenvalue weighted by atomic mass is 10.1. The fourth-order valence-corrected chi connectivity index (χ4v) is 2.22. The molecule has 7 nitrogen and oxygen atoms in total. The molecule has 1 aromatic rings. The number of thiocarbonyl (C=S) groups is 1. The third kappa shape index (κ3) is 5.24. The van der Waals surface area contributed by atoms with Gasteiger partial charge in [-0.25, -0.2) is 9.78 Å². The number of hydrogen-bond acceptors (Lipinski definition) is 5. The van der Waals surface area contributed by atoms with Crippen LogP contribution in [0.4, 0.5) is 10.6 Å². The van der Waals surface area contributed by atoms with Crippen LogP contribution in [0.25, 0.3) is 0 Å². The molecule has 2 rings (SSSR count). The van der Waals surface area contributed by atoms with Gasteiger partial charge in [-0.2, -0.15) is 0 Å². The normalized spacial score (nSPS) is 14.7. The summed E-state index contributed by atoms with van der Waals surface area (Å²) in [4.78, 5) is 17.7. The van der Waals surface area contributed by atoms with Crippen LogP contribution in [0.5, 0.6) is 0 Å². The number of carbonyl (C=O) groups excluding carboxylic acids is 1. The lowest BCUT2D eigenvalue weighted by molar-refractivity contribution is 0.00709. The Morgan fingerprint density at radius 2 is 2.13 bits per heavy atom. The van der Waals surface area contributed by atoms with Gasteiger partial charge in [0.2, 0.25) is 0 Å². The molecule has 126 valence electrons. The van der Waals surface area contributed by atoms with E-state index in [1.54, 1.807) is 11.1 Å². The Morgan fingerprint density at radius 1 is 1.43 bits per heavy atom. The van der Waals surface area contributed by atoms with E-state index in [2.05, 4.69) is 21.2 Å². The van der Waals surface area contributed by atoms with Gasteiger partial charge in [-0.1, -0.05) is 6.07 Å². The molecule has 23 heavy (non-hydrogen) atoms. The molecule has 0 aliphatic carbocycles. The molecule has 0 saturated carbocycles. The van der Waals surface area contributed by atoms with Gasteiger partial charge in [0, 0.05) is 19.3 Å². The SMILES string of the molecule is Cc1cccnc1NNC(=S)NC1CN(C(=O)OC(C)(C)C)C1. The van der Waals surface area contributed by atoms with Crippen molar-refractivity contribution in [3.63, 3.8) is 0 Å². The maximum atomic E-state index is 11.8. The van der Waals surface area contributed by atoms with Gasteiger partial charge in [0.25, 0.3) is 0 Å². The number of rotatable bonds is 3. The van der Waals surface area contributed by atoms with Gasteiger partial charge in [0.05, 0.1) is 6.04 Å². The second-order valence-corrected chi connectivity index (χ2v) is 6.88. The van der Waals surface area contributed by atoms with E-state index in [1.165, 1.54) is 0 Å². The molecule has 0 aromatic carbocycles. The van der Waals surface area contributed by atoms with Crippen LogP contribution in [-0.2, 0) is 4.74 Å². The Hall–Kier alpha value is -2.09. The molecule has 1 amide bonds. The van der Waals surface area contributed by atoms with Gasteiger partial charge in [-0.15, -0.1) is 0 Å². The minimum atomic E-state index is -0.475. The maximum absolute atomic E-state index is 11.8. The number of hydrazine groups is 1. The summed E-state index contributed by atoms with van der Waals surface area (Å²) >= 11 is 5.22. The number of anilines is 1. The molecular formula is C15H23N5O2S. The summed E-state index contributed by atoms with van der Waals surface area (Å²) in [5, 5.41) is 3.60. The van der Waals surface area contributed by atoms with Crippen molar-refractivity contribution in [1.82, 2.24) is 20.6 Å². The number of likely N-dealkylation sites (tertiary alicyclic amines) is 1. The average molecular weight is 337 g/mol. The maximum Gasteiger partial charge on any atom is 0.410 e. The number of hydrogen-bond donors (Lipinski definition) is 3. The molecule has 2 heterocycles. The van der Waals surface area contributed by atoms with Crippen molar-refractivity contribution in [2.45, 2.75) is 39.3 Å². The van der Waals surface area contributed by atoms with E-state index in [9.17, 15) is 4.79 Å². The number of aryl methyl sites for hydroxylation is 1. The van der Waals surface area contributed by atoms with Crippen LogP contribution in [-0.4, -0.2) is 45.8 Å². The molecule has 3 N–H and O–H groups in total. The summed E-state index contributed by atoms with van der Waals surface area (Å²) in [6.45, 7) is 8.65. The summed E-state index contributed by atoms with van der Waals surface area (Å²) in [6, 6.07) is 3.95. The van der Waals surface area contributed by atoms with E-state index in [4.69, 9.17) is 17.0 Å². The first kappa shape index (κ1) is 17.3. The van der Waals surface area contributed by atoms with Crippen LogP contribution in [0.1, 0.15) is 26.3 Å².